The number of aryl methyl sites for hydroxylation is 1. The molecule has 0 spiro atoms. The minimum atomic E-state index is 0.113. The van der Waals surface area contributed by atoms with Crippen LogP contribution in [-0.2, 0) is 18.3 Å². The summed E-state index contributed by atoms with van der Waals surface area (Å²) in [4.78, 5) is 4.18. The molecule has 7 heteroatoms. The zero-order valence-electron chi connectivity index (χ0n) is 14.2. The first kappa shape index (κ1) is 16.0. The summed E-state index contributed by atoms with van der Waals surface area (Å²) in [6.07, 6.45) is 8.49. The van der Waals surface area contributed by atoms with E-state index in [1.54, 1.807) is 6.20 Å². The molecule has 0 unspecified atom stereocenters. The zero-order chi connectivity index (χ0) is 17.1. The average molecular weight is 338 g/mol. The summed E-state index contributed by atoms with van der Waals surface area (Å²) < 4.78 is 7.85. The molecule has 0 radical (unpaired) electrons. The van der Waals surface area contributed by atoms with Gasteiger partial charge in [0, 0.05) is 62.4 Å². The molecule has 3 aromatic rings. The van der Waals surface area contributed by atoms with E-state index in [1.807, 2.05) is 48.5 Å². The Morgan fingerprint density at radius 3 is 3.08 bits per heavy atom. The predicted octanol–water partition coefficient (Wildman–Crippen LogP) is 2.07. The van der Waals surface area contributed by atoms with Crippen molar-refractivity contribution in [2.75, 3.05) is 13.2 Å². The predicted molar refractivity (Wildman–Crippen MR) is 93.5 cm³/mol. The van der Waals surface area contributed by atoms with Crippen LogP contribution < -0.4 is 5.32 Å². The van der Waals surface area contributed by atoms with Gasteiger partial charge in [-0.3, -0.25) is 14.8 Å². The van der Waals surface area contributed by atoms with Crippen LogP contribution in [0.2, 0.25) is 0 Å². The minimum absolute atomic E-state index is 0.113. The smallest absolute Gasteiger partial charge is 0.103 e. The topological polar surface area (TPSA) is 80.6 Å². The number of aromatic nitrogens is 5. The number of hydrogen-bond donors (Lipinski definition) is 2. The molecule has 2 atom stereocenters. The molecule has 0 saturated carbocycles. The molecule has 1 fully saturated rings. The molecule has 0 bridgehead atoms. The van der Waals surface area contributed by atoms with Crippen molar-refractivity contribution in [3.8, 4) is 11.3 Å². The third-order valence-electron chi connectivity index (χ3n) is 4.75. The highest BCUT2D eigenvalue weighted by molar-refractivity contribution is 5.61. The fourth-order valence-corrected chi connectivity index (χ4v) is 3.43. The van der Waals surface area contributed by atoms with Crippen molar-refractivity contribution in [2.45, 2.75) is 19.1 Å². The van der Waals surface area contributed by atoms with Crippen molar-refractivity contribution in [1.82, 2.24) is 30.3 Å². The van der Waals surface area contributed by atoms with Crippen LogP contribution in [0, 0.1) is 5.92 Å². The SMILES string of the molecule is Cn1nccc1[C@@H]1OCC[C@H]1CNCc1cn[nH]c1-c1cccnc1. The van der Waals surface area contributed by atoms with Crippen LogP contribution in [0.4, 0.5) is 0 Å². The molecule has 25 heavy (non-hydrogen) atoms. The summed E-state index contributed by atoms with van der Waals surface area (Å²) in [7, 11) is 1.97. The van der Waals surface area contributed by atoms with Crippen LogP contribution in [0.25, 0.3) is 11.3 Å². The Kier molecular flexibility index (Phi) is 4.58. The number of nitrogens with one attached hydrogen (secondary N) is 2. The third kappa shape index (κ3) is 3.33. The minimum Gasteiger partial charge on any atom is -0.372 e. The van der Waals surface area contributed by atoms with Gasteiger partial charge in [0.05, 0.1) is 17.6 Å². The number of nitrogens with zero attached hydrogens (tertiary/aromatic N) is 4. The largest absolute Gasteiger partial charge is 0.372 e. The summed E-state index contributed by atoms with van der Waals surface area (Å²) in [6, 6.07) is 6.01. The maximum absolute atomic E-state index is 5.94. The van der Waals surface area contributed by atoms with Crippen LogP contribution in [0.5, 0.6) is 0 Å². The first-order valence-corrected chi connectivity index (χ1v) is 8.56. The lowest BCUT2D eigenvalue weighted by Crippen LogP contribution is -2.25. The molecule has 3 aromatic heterocycles. The first-order chi connectivity index (χ1) is 12.3. The van der Waals surface area contributed by atoms with Crippen LogP contribution in [0.15, 0.2) is 43.0 Å². The molecule has 4 heterocycles. The molecule has 7 nitrogen and oxygen atoms in total. The van der Waals surface area contributed by atoms with E-state index < -0.39 is 0 Å². The van der Waals surface area contributed by atoms with Gasteiger partial charge in [-0.2, -0.15) is 10.2 Å². The van der Waals surface area contributed by atoms with Crippen molar-refractivity contribution >= 4 is 0 Å². The number of H-pyrrole nitrogens is 1. The highest BCUT2D eigenvalue weighted by atomic mass is 16.5. The number of pyridine rings is 1. The van der Waals surface area contributed by atoms with Gasteiger partial charge >= 0.3 is 0 Å². The summed E-state index contributed by atoms with van der Waals surface area (Å²) in [5.74, 6) is 0.448. The number of hydrogen-bond acceptors (Lipinski definition) is 5. The Balaban J connectivity index is 1.39. The van der Waals surface area contributed by atoms with Gasteiger partial charge in [0.2, 0.25) is 0 Å². The maximum Gasteiger partial charge on any atom is 0.103 e. The quantitative estimate of drug-likeness (QED) is 0.719. The lowest BCUT2D eigenvalue weighted by Gasteiger charge is -2.19. The van der Waals surface area contributed by atoms with Gasteiger partial charge in [0.15, 0.2) is 0 Å². The van der Waals surface area contributed by atoms with Crippen LogP contribution in [-0.4, -0.2) is 38.1 Å². The molecule has 1 saturated heterocycles. The second kappa shape index (κ2) is 7.16. The fourth-order valence-electron chi connectivity index (χ4n) is 3.43. The van der Waals surface area contributed by atoms with Gasteiger partial charge in [-0.1, -0.05) is 0 Å². The van der Waals surface area contributed by atoms with Gasteiger partial charge in [0.25, 0.3) is 0 Å². The normalized spacial score (nSPS) is 20.2. The lowest BCUT2D eigenvalue weighted by molar-refractivity contribution is 0.0838. The Morgan fingerprint density at radius 1 is 1.32 bits per heavy atom. The molecule has 1 aliphatic rings. The molecule has 0 aliphatic carbocycles. The standard InChI is InChI=1S/C18H22N6O/c1-24-16(4-7-22-24)18-14(5-8-25-18)10-20-11-15-12-21-23-17(15)13-3-2-6-19-9-13/h2-4,6-7,9,12,14,18,20H,5,8,10-11H2,1H3,(H,21,23)/t14-,18+/m0/s1. The van der Waals surface area contributed by atoms with Gasteiger partial charge in [-0.25, -0.2) is 0 Å². The molecule has 0 amide bonds. The number of rotatable bonds is 6. The Morgan fingerprint density at radius 2 is 2.28 bits per heavy atom. The van der Waals surface area contributed by atoms with Crippen LogP contribution in [0.3, 0.4) is 0 Å². The van der Waals surface area contributed by atoms with E-state index in [2.05, 4.69) is 25.6 Å². The van der Waals surface area contributed by atoms with Gasteiger partial charge in [-0.15, -0.1) is 0 Å². The van der Waals surface area contributed by atoms with Crippen molar-refractivity contribution in [3.63, 3.8) is 0 Å². The summed E-state index contributed by atoms with van der Waals surface area (Å²) in [6.45, 7) is 2.46. The first-order valence-electron chi connectivity index (χ1n) is 8.56. The highest BCUT2D eigenvalue weighted by Crippen LogP contribution is 2.33. The zero-order valence-corrected chi connectivity index (χ0v) is 14.2. The lowest BCUT2D eigenvalue weighted by atomic mass is 9.98. The van der Waals surface area contributed by atoms with E-state index in [4.69, 9.17) is 4.74 Å². The summed E-state index contributed by atoms with van der Waals surface area (Å²) in [5.41, 5.74) is 4.35. The monoisotopic (exact) mass is 338 g/mol. The molecule has 4 rings (SSSR count). The second-order valence-electron chi connectivity index (χ2n) is 6.36. The Bertz CT molecular complexity index is 812. The molecule has 2 N–H and O–H groups in total. The molecule has 0 aromatic carbocycles. The molecule has 130 valence electrons. The van der Waals surface area contributed by atoms with E-state index in [0.29, 0.717) is 5.92 Å². The number of ether oxygens (including phenoxy) is 1. The third-order valence-corrected chi connectivity index (χ3v) is 4.75. The Hall–Kier alpha value is -2.51. The highest BCUT2D eigenvalue weighted by Gasteiger charge is 2.31. The van der Waals surface area contributed by atoms with E-state index in [0.717, 1.165) is 48.6 Å². The van der Waals surface area contributed by atoms with E-state index >= 15 is 0 Å². The molecular weight excluding hydrogens is 316 g/mol. The van der Waals surface area contributed by atoms with E-state index in [1.165, 1.54) is 0 Å². The number of aromatic amines is 1. The van der Waals surface area contributed by atoms with E-state index in [-0.39, 0.29) is 6.10 Å². The second-order valence-corrected chi connectivity index (χ2v) is 6.36. The van der Waals surface area contributed by atoms with Crippen LogP contribution >= 0.6 is 0 Å². The summed E-state index contributed by atoms with van der Waals surface area (Å²) in [5, 5.41) is 15.1. The van der Waals surface area contributed by atoms with Crippen molar-refractivity contribution in [2.24, 2.45) is 13.0 Å². The van der Waals surface area contributed by atoms with Crippen molar-refractivity contribution < 1.29 is 4.74 Å². The average Bonchev–Trinajstić information content (AvgIpc) is 3.36. The molecular formula is C18H22N6O. The van der Waals surface area contributed by atoms with Crippen molar-refractivity contribution in [1.29, 1.82) is 0 Å². The summed E-state index contributed by atoms with van der Waals surface area (Å²) >= 11 is 0. The van der Waals surface area contributed by atoms with E-state index in [9.17, 15) is 0 Å². The maximum atomic E-state index is 5.94. The Labute approximate surface area is 146 Å². The van der Waals surface area contributed by atoms with Crippen molar-refractivity contribution in [3.05, 3.63) is 54.2 Å². The van der Waals surface area contributed by atoms with Gasteiger partial charge in [-0.05, 0) is 24.6 Å². The van der Waals surface area contributed by atoms with Gasteiger partial charge < -0.3 is 10.1 Å². The van der Waals surface area contributed by atoms with Crippen LogP contribution in [0.1, 0.15) is 23.8 Å². The fraction of sp³-hybridized carbons (Fsp3) is 0.389. The van der Waals surface area contributed by atoms with Gasteiger partial charge in [0.1, 0.15) is 6.10 Å². The molecule has 1 aliphatic heterocycles.